The van der Waals surface area contributed by atoms with Gasteiger partial charge in [-0.1, -0.05) is 12.1 Å². The minimum Gasteiger partial charge on any atom is -0.479 e. The standard InChI is InChI=1S/C17H19N3O2/c1-13(14-2-4-16(5-3-14)22-11-8-18)20-12-17(21)15-6-9-19-10-7-15/h2-7,9-10,13,17,20-21H,11-12H2,1H3. The lowest BCUT2D eigenvalue weighted by Gasteiger charge is -2.18. The number of nitrogens with one attached hydrogen (secondary N) is 1. The molecular weight excluding hydrogens is 278 g/mol. The zero-order valence-electron chi connectivity index (χ0n) is 12.4. The Morgan fingerprint density at radius 3 is 2.50 bits per heavy atom. The molecule has 0 saturated heterocycles. The number of benzene rings is 1. The smallest absolute Gasteiger partial charge is 0.174 e. The van der Waals surface area contributed by atoms with Gasteiger partial charge in [0.2, 0.25) is 0 Å². The summed E-state index contributed by atoms with van der Waals surface area (Å²) < 4.78 is 5.22. The lowest BCUT2D eigenvalue weighted by Crippen LogP contribution is -2.24. The predicted molar refractivity (Wildman–Crippen MR) is 83.2 cm³/mol. The molecule has 0 aliphatic carbocycles. The van der Waals surface area contributed by atoms with E-state index in [1.54, 1.807) is 24.5 Å². The van der Waals surface area contributed by atoms with E-state index in [4.69, 9.17) is 10.00 Å². The fourth-order valence-corrected chi connectivity index (χ4v) is 2.08. The Hall–Kier alpha value is -2.42. The molecule has 0 spiro atoms. The Morgan fingerprint density at radius 2 is 1.86 bits per heavy atom. The number of aliphatic hydroxyl groups is 1. The van der Waals surface area contributed by atoms with Crippen LogP contribution in [-0.2, 0) is 0 Å². The largest absolute Gasteiger partial charge is 0.479 e. The van der Waals surface area contributed by atoms with Gasteiger partial charge < -0.3 is 15.2 Å². The van der Waals surface area contributed by atoms with Crippen molar-refractivity contribution in [1.29, 1.82) is 5.26 Å². The van der Waals surface area contributed by atoms with Crippen LogP contribution in [0.1, 0.15) is 30.2 Å². The fraction of sp³-hybridized carbons (Fsp3) is 0.294. The molecule has 1 aromatic heterocycles. The molecule has 0 saturated carbocycles. The second kappa shape index (κ2) is 8.13. The minimum absolute atomic E-state index is 0.0469. The van der Waals surface area contributed by atoms with Gasteiger partial charge in [0.25, 0.3) is 0 Å². The third-order valence-corrected chi connectivity index (χ3v) is 3.39. The van der Waals surface area contributed by atoms with E-state index in [2.05, 4.69) is 10.3 Å². The highest BCUT2D eigenvalue weighted by Gasteiger charge is 2.10. The molecule has 0 aliphatic heterocycles. The highest BCUT2D eigenvalue weighted by molar-refractivity contribution is 5.29. The fourth-order valence-electron chi connectivity index (χ4n) is 2.08. The lowest BCUT2D eigenvalue weighted by molar-refractivity contribution is 0.170. The molecule has 1 heterocycles. The number of nitriles is 1. The van der Waals surface area contributed by atoms with E-state index in [-0.39, 0.29) is 12.6 Å². The Labute approximate surface area is 130 Å². The van der Waals surface area contributed by atoms with E-state index < -0.39 is 6.10 Å². The maximum Gasteiger partial charge on any atom is 0.174 e. The van der Waals surface area contributed by atoms with Crippen LogP contribution in [0.25, 0.3) is 0 Å². The van der Waals surface area contributed by atoms with E-state index in [0.29, 0.717) is 12.3 Å². The van der Waals surface area contributed by atoms with Gasteiger partial charge in [-0.05, 0) is 42.3 Å². The van der Waals surface area contributed by atoms with Crippen LogP contribution in [0.3, 0.4) is 0 Å². The van der Waals surface area contributed by atoms with E-state index in [0.717, 1.165) is 11.1 Å². The molecule has 22 heavy (non-hydrogen) atoms. The SMILES string of the molecule is CC(NCC(O)c1ccncc1)c1ccc(OCC#N)cc1. The number of aliphatic hydroxyl groups excluding tert-OH is 1. The Balaban J connectivity index is 1.87. The van der Waals surface area contributed by atoms with Crippen LogP contribution in [0, 0.1) is 11.3 Å². The Kier molecular flexibility index (Phi) is 5.90. The quantitative estimate of drug-likeness (QED) is 0.820. The molecule has 0 bridgehead atoms. The zero-order chi connectivity index (χ0) is 15.8. The number of hydrogen-bond donors (Lipinski definition) is 2. The second-order valence-corrected chi connectivity index (χ2v) is 4.94. The first kappa shape index (κ1) is 16.0. The number of nitrogens with zero attached hydrogens (tertiary/aromatic N) is 2. The van der Waals surface area contributed by atoms with E-state index >= 15 is 0 Å². The van der Waals surface area contributed by atoms with Gasteiger partial charge in [-0.2, -0.15) is 5.26 Å². The van der Waals surface area contributed by atoms with Gasteiger partial charge in [-0.15, -0.1) is 0 Å². The Bertz CT molecular complexity index is 608. The predicted octanol–water partition coefficient (Wildman–Crippen LogP) is 2.37. The van der Waals surface area contributed by atoms with Crippen LogP contribution in [0.15, 0.2) is 48.8 Å². The molecule has 2 atom stereocenters. The van der Waals surface area contributed by atoms with Crippen molar-refractivity contribution in [3.05, 3.63) is 59.9 Å². The topological polar surface area (TPSA) is 78.2 Å². The summed E-state index contributed by atoms with van der Waals surface area (Å²) in [6.45, 7) is 2.54. The average molecular weight is 297 g/mol. The summed E-state index contributed by atoms with van der Waals surface area (Å²) in [7, 11) is 0. The average Bonchev–Trinajstić information content (AvgIpc) is 2.58. The molecule has 2 N–H and O–H groups in total. The number of pyridine rings is 1. The van der Waals surface area contributed by atoms with Gasteiger partial charge >= 0.3 is 0 Å². The highest BCUT2D eigenvalue weighted by Crippen LogP contribution is 2.18. The van der Waals surface area contributed by atoms with Gasteiger partial charge in [0.05, 0.1) is 6.10 Å². The van der Waals surface area contributed by atoms with E-state index in [1.807, 2.05) is 37.3 Å². The molecule has 0 fully saturated rings. The minimum atomic E-state index is -0.566. The summed E-state index contributed by atoms with van der Waals surface area (Å²) in [5, 5.41) is 21.9. The van der Waals surface area contributed by atoms with Crippen LogP contribution in [0.5, 0.6) is 5.75 Å². The summed E-state index contributed by atoms with van der Waals surface area (Å²) in [5.74, 6) is 0.675. The monoisotopic (exact) mass is 297 g/mol. The first-order valence-corrected chi connectivity index (χ1v) is 7.12. The summed E-state index contributed by atoms with van der Waals surface area (Å²) in [6, 6.07) is 13.2. The van der Waals surface area contributed by atoms with Crippen LogP contribution < -0.4 is 10.1 Å². The van der Waals surface area contributed by atoms with Crippen molar-refractivity contribution in [3.8, 4) is 11.8 Å². The van der Waals surface area contributed by atoms with Crippen LogP contribution in [0.4, 0.5) is 0 Å². The molecule has 0 aliphatic rings. The molecule has 114 valence electrons. The first-order valence-electron chi connectivity index (χ1n) is 7.12. The van der Waals surface area contributed by atoms with E-state index in [9.17, 15) is 5.11 Å². The van der Waals surface area contributed by atoms with Crippen LogP contribution >= 0.6 is 0 Å². The summed E-state index contributed by atoms with van der Waals surface area (Å²) in [5.41, 5.74) is 1.93. The molecule has 2 unspecified atom stereocenters. The maximum absolute atomic E-state index is 10.1. The Morgan fingerprint density at radius 1 is 1.18 bits per heavy atom. The summed E-state index contributed by atoms with van der Waals surface area (Å²) in [4.78, 5) is 3.94. The molecule has 0 amide bonds. The maximum atomic E-state index is 10.1. The van der Waals surface area contributed by atoms with Crippen molar-refractivity contribution in [2.45, 2.75) is 19.1 Å². The van der Waals surface area contributed by atoms with Crippen molar-refractivity contribution in [1.82, 2.24) is 10.3 Å². The molecule has 0 radical (unpaired) electrons. The summed E-state index contributed by atoms with van der Waals surface area (Å²) >= 11 is 0. The van der Waals surface area contributed by atoms with Gasteiger partial charge in [-0.3, -0.25) is 4.98 Å². The van der Waals surface area contributed by atoms with Gasteiger partial charge in [-0.25, -0.2) is 0 Å². The lowest BCUT2D eigenvalue weighted by atomic mass is 10.1. The van der Waals surface area contributed by atoms with Crippen molar-refractivity contribution in [3.63, 3.8) is 0 Å². The number of ether oxygens (including phenoxy) is 1. The highest BCUT2D eigenvalue weighted by atomic mass is 16.5. The number of rotatable bonds is 7. The van der Waals surface area contributed by atoms with Crippen LogP contribution in [-0.4, -0.2) is 23.2 Å². The third-order valence-electron chi connectivity index (χ3n) is 3.39. The molecule has 2 rings (SSSR count). The summed E-state index contributed by atoms with van der Waals surface area (Å²) in [6.07, 6.45) is 2.77. The first-order chi connectivity index (χ1) is 10.7. The molecule has 5 nitrogen and oxygen atoms in total. The normalized spacial score (nSPS) is 13.1. The van der Waals surface area contributed by atoms with Crippen molar-refractivity contribution in [2.75, 3.05) is 13.2 Å². The van der Waals surface area contributed by atoms with Gasteiger partial charge in [0.1, 0.15) is 11.8 Å². The van der Waals surface area contributed by atoms with Gasteiger partial charge in [0, 0.05) is 25.0 Å². The molecule has 2 aromatic rings. The van der Waals surface area contributed by atoms with Crippen molar-refractivity contribution in [2.24, 2.45) is 0 Å². The molecule has 1 aromatic carbocycles. The number of hydrogen-bond acceptors (Lipinski definition) is 5. The second-order valence-electron chi connectivity index (χ2n) is 4.94. The van der Waals surface area contributed by atoms with Crippen LogP contribution in [0.2, 0.25) is 0 Å². The van der Waals surface area contributed by atoms with Crippen molar-refractivity contribution < 1.29 is 9.84 Å². The van der Waals surface area contributed by atoms with Crippen molar-refractivity contribution >= 4 is 0 Å². The van der Waals surface area contributed by atoms with Gasteiger partial charge in [0.15, 0.2) is 6.61 Å². The third kappa shape index (κ3) is 4.55. The van der Waals surface area contributed by atoms with E-state index in [1.165, 1.54) is 0 Å². The molecular formula is C17H19N3O2. The number of aromatic nitrogens is 1. The zero-order valence-corrected chi connectivity index (χ0v) is 12.4. The molecule has 5 heteroatoms.